The van der Waals surface area contributed by atoms with Gasteiger partial charge in [-0.15, -0.1) is 11.3 Å². The normalized spacial score (nSPS) is 12.2. The van der Waals surface area contributed by atoms with Gasteiger partial charge in [-0.25, -0.2) is 4.79 Å². The van der Waals surface area contributed by atoms with Gasteiger partial charge in [-0.3, -0.25) is 4.79 Å². The van der Waals surface area contributed by atoms with Gasteiger partial charge in [0, 0.05) is 11.0 Å². The fraction of sp³-hybridized carbons (Fsp3) is 0.222. The van der Waals surface area contributed by atoms with Crippen molar-refractivity contribution in [2.75, 3.05) is 5.32 Å². The lowest BCUT2D eigenvalue weighted by atomic mass is 10.2. The third kappa shape index (κ3) is 5.66. The fourth-order valence-electron chi connectivity index (χ4n) is 1.97. The minimum Gasteiger partial charge on any atom is -0.449 e. The Labute approximate surface area is 153 Å². The highest BCUT2D eigenvalue weighted by Gasteiger charge is 2.19. The molecule has 2 rings (SSSR count). The van der Waals surface area contributed by atoms with Crippen molar-refractivity contribution in [2.24, 2.45) is 0 Å². The Kier molecular flexibility index (Phi) is 6.85. The van der Waals surface area contributed by atoms with E-state index in [9.17, 15) is 18.4 Å². The molecule has 0 radical (unpaired) electrons. The minimum absolute atomic E-state index is 0.0606. The Hall–Kier alpha value is -2.74. The van der Waals surface area contributed by atoms with Crippen LogP contribution in [-0.2, 0) is 14.3 Å². The van der Waals surface area contributed by atoms with Crippen LogP contribution >= 0.6 is 11.3 Å². The molecule has 5 nitrogen and oxygen atoms in total. The summed E-state index contributed by atoms with van der Waals surface area (Å²) in [6.45, 7) is 0.277. The number of anilines is 1. The van der Waals surface area contributed by atoms with Gasteiger partial charge in [0.05, 0.1) is 5.69 Å². The molecule has 1 heterocycles. The van der Waals surface area contributed by atoms with Gasteiger partial charge >= 0.3 is 12.6 Å². The molecular formula is C18H17F2NO4S. The highest BCUT2D eigenvalue weighted by molar-refractivity contribution is 7.11. The second-order valence-corrected chi connectivity index (χ2v) is 6.19. The van der Waals surface area contributed by atoms with Crippen molar-refractivity contribution in [1.82, 2.24) is 0 Å². The lowest BCUT2D eigenvalue weighted by molar-refractivity contribution is -0.148. The molecule has 1 atom stereocenters. The highest BCUT2D eigenvalue weighted by atomic mass is 32.1. The predicted molar refractivity (Wildman–Crippen MR) is 95.3 cm³/mol. The molecule has 0 spiro atoms. The first kappa shape index (κ1) is 19.6. The molecule has 26 heavy (non-hydrogen) atoms. The van der Waals surface area contributed by atoms with Crippen LogP contribution in [0, 0.1) is 6.92 Å². The number of thiophene rings is 1. The number of hydrogen-bond acceptors (Lipinski definition) is 5. The van der Waals surface area contributed by atoms with Gasteiger partial charge in [-0.2, -0.15) is 8.78 Å². The third-order valence-electron chi connectivity index (χ3n) is 3.30. The van der Waals surface area contributed by atoms with Gasteiger partial charge in [0.1, 0.15) is 5.75 Å². The minimum atomic E-state index is -3.02. The predicted octanol–water partition coefficient (Wildman–Crippen LogP) is 4.24. The zero-order valence-electron chi connectivity index (χ0n) is 14.1. The summed E-state index contributed by atoms with van der Waals surface area (Å²) in [4.78, 5) is 24.9. The third-order valence-corrected chi connectivity index (χ3v) is 4.28. The van der Waals surface area contributed by atoms with E-state index in [1.807, 2.05) is 18.4 Å². The number of esters is 1. The Morgan fingerprint density at radius 1 is 1.23 bits per heavy atom. The van der Waals surface area contributed by atoms with Crippen LogP contribution in [0.25, 0.3) is 6.08 Å². The Bertz CT molecular complexity index is 804. The van der Waals surface area contributed by atoms with Crippen molar-refractivity contribution >= 4 is 35.0 Å². The molecule has 0 aliphatic carbocycles. The second-order valence-electron chi connectivity index (χ2n) is 5.24. The van der Waals surface area contributed by atoms with E-state index in [-0.39, 0.29) is 11.4 Å². The zero-order chi connectivity index (χ0) is 19.1. The maximum atomic E-state index is 12.4. The molecule has 0 aliphatic rings. The van der Waals surface area contributed by atoms with Crippen LogP contribution in [0.15, 0.2) is 41.8 Å². The molecule has 2 aromatic rings. The van der Waals surface area contributed by atoms with Crippen molar-refractivity contribution in [3.05, 3.63) is 52.2 Å². The van der Waals surface area contributed by atoms with Crippen LogP contribution in [0.4, 0.5) is 14.5 Å². The monoisotopic (exact) mass is 381 g/mol. The maximum Gasteiger partial charge on any atom is 0.387 e. The summed E-state index contributed by atoms with van der Waals surface area (Å²) in [5.74, 6) is -1.52. The van der Waals surface area contributed by atoms with E-state index < -0.39 is 24.6 Å². The highest BCUT2D eigenvalue weighted by Crippen LogP contribution is 2.25. The van der Waals surface area contributed by atoms with E-state index in [4.69, 9.17) is 4.74 Å². The number of benzene rings is 1. The topological polar surface area (TPSA) is 64.6 Å². The lowest BCUT2D eigenvalue weighted by Crippen LogP contribution is -2.29. The van der Waals surface area contributed by atoms with Crippen LogP contribution in [0.1, 0.15) is 17.4 Å². The number of halogens is 2. The van der Waals surface area contributed by atoms with Gasteiger partial charge in [-0.1, -0.05) is 12.1 Å². The quantitative estimate of drug-likeness (QED) is 0.575. The number of rotatable bonds is 7. The van der Waals surface area contributed by atoms with Crippen LogP contribution in [0.2, 0.25) is 0 Å². The zero-order valence-corrected chi connectivity index (χ0v) is 14.9. The van der Waals surface area contributed by atoms with Crippen LogP contribution in [0.3, 0.4) is 0 Å². The average molecular weight is 381 g/mol. The SMILES string of the molecule is Cc1ccsc1/C=C/C(=O)O[C@@H](C)C(=O)Nc1ccccc1OC(F)F. The number of aryl methyl sites for hydroxylation is 1. The molecule has 0 aliphatic heterocycles. The summed E-state index contributed by atoms with van der Waals surface area (Å²) in [6, 6.07) is 7.67. The molecule has 0 saturated heterocycles. The molecule has 0 fully saturated rings. The van der Waals surface area contributed by atoms with Crippen molar-refractivity contribution in [1.29, 1.82) is 0 Å². The van der Waals surface area contributed by atoms with Gasteiger partial charge in [0.25, 0.3) is 5.91 Å². The van der Waals surface area contributed by atoms with E-state index >= 15 is 0 Å². The molecule has 1 aromatic heterocycles. The lowest BCUT2D eigenvalue weighted by Gasteiger charge is -2.15. The van der Waals surface area contributed by atoms with Gasteiger partial charge in [0.2, 0.25) is 0 Å². The summed E-state index contributed by atoms with van der Waals surface area (Å²) in [5, 5.41) is 4.30. The number of hydrogen-bond donors (Lipinski definition) is 1. The van der Waals surface area contributed by atoms with Crippen LogP contribution in [0.5, 0.6) is 5.75 Å². The summed E-state index contributed by atoms with van der Waals surface area (Å²) >= 11 is 1.48. The molecule has 138 valence electrons. The number of para-hydroxylation sites is 2. The number of nitrogens with one attached hydrogen (secondary N) is 1. The number of alkyl halides is 2. The van der Waals surface area contributed by atoms with Gasteiger partial charge in [-0.05, 0) is 49.1 Å². The Morgan fingerprint density at radius 3 is 2.62 bits per heavy atom. The standard InChI is InChI=1S/C18H17F2NO4S/c1-11-9-10-26-15(11)7-8-16(22)24-12(2)17(23)21-13-5-3-4-6-14(13)25-18(19)20/h3-10,12,18H,1-2H3,(H,21,23)/b8-7+/t12-/m0/s1. The summed E-state index contributed by atoms with van der Waals surface area (Å²) in [6.07, 6.45) is 1.73. The average Bonchev–Trinajstić information content (AvgIpc) is 2.99. The first-order valence-electron chi connectivity index (χ1n) is 7.64. The maximum absolute atomic E-state index is 12.4. The molecule has 1 N–H and O–H groups in total. The molecule has 0 saturated carbocycles. The number of amides is 1. The number of ether oxygens (including phenoxy) is 2. The molecule has 0 unspecified atom stereocenters. The Balaban J connectivity index is 1.94. The van der Waals surface area contributed by atoms with E-state index in [2.05, 4.69) is 10.1 Å². The number of carbonyl (C=O) groups excluding carboxylic acids is 2. The van der Waals surface area contributed by atoms with Crippen molar-refractivity contribution in [3.8, 4) is 5.75 Å². The van der Waals surface area contributed by atoms with Crippen molar-refractivity contribution < 1.29 is 27.8 Å². The summed E-state index contributed by atoms with van der Waals surface area (Å²) in [7, 11) is 0. The number of carbonyl (C=O) groups is 2. The Morgan fingerprint density at radius 2 is 1.96 bits per heavy atom. The first-order valence-corrected chi connectivity index (χ1v) is 8.52. The van der Waals surface area contributed by atoms with E-state index in [1.54, 1.807) is 12.1 Å². The molecule has 0 bridgehead atoms. The second kappa shape index (κ2) is 9.10. The molecule has 1 amide bonds. The summed E-state index contributed by atoms with van der Waals surface area (Å²) in [5.41, 5.74) is 1.09. The molecule has 1 aromatic carbocycles. The van der Waals surface area contributed by atoms with Crippen molar-refractivity contribution in [2.45, 2.75) is 26.6 Å². The molecular weight excluding hydrogens is 364 g/mol. The van der Waals surface area contributed by atoms with E-state index in [0.717, 1.165) is 10.4 Å². The van der Waals surface area contributed by atoms with Crippen molar-refractivity contribution in [3.63, 3.8) is 0 Å². The van der Waals surface area contributed by atoms with E-state index in [1.165, 1.54) is 42.5 Å². The van der Waals surface area contributed by atoms with Crippen LogP contribution < -0.4 is 10.1 Å². The first-order chi connectivity index (χ1) is 12.4. The van der Waals surface area contributed by atoms with Gasteiger partial charge < -0.3 is 14.8 Å². The van der Waals surface area contributed by atoms with E-state index in [0.29, 0.717) is 0 Å². The summed E-state index contributed by atoms with van der Waals surface area (Å²) < 4.78 is 34.1. The smallest absolute Gasteiger partial charge is 0.387 e. The van der Waals surface area contributed by atoms with Crippen LogP contribution in [-0.4, -0.2) is 24.6 Å². The fourth-order valence-corrected chi connectivity index (χ4v) is 2.79. The molecule has 8 heteroatoms. The largest absolute Gasteiger partial charge is 0.449 e. The van der Waals surface area contributed by atoms with Gasteiger partial charge in [0.15, 0.2) is 6.10 Å².